The lowest BCUT2D eigenvalue weighted by Crippen LogP contribution is -2.32. The van der Waals surface area contributed by atoms with E-state index < -0.39 is 19.0 Å². The summed E-state index contributed by atoms with van der Waals surface area (Å²) in [5, 5.41) is 2.86. The van der Waals surface area contributed by atoms with E-state index in [0.29, 0.717) is 11.7 Å². The zero-order valence-electron chi connectivity index (χ0n) is 11.2. The molecule has 1 aliphatic rings. The van der Waals surface area contributed by atoms with Gasteiger partial charge in [-0.2, -0.15) is 8.78 Å². The summed E-state index contributed by atoms with van der Waals surface area (Å²) in [6, 6.07) is 0. The Morgan fingerprint density at radius 2 is 2.05 bits per heavy atom. The van der Waals surface area contributed by atoms with Crippen molar-refractivity contribution in [3.8, 4) is 0 Å². The molecule has 0 aromatic carbocycles. The van der Waals surface area contributed by atoms with Gasteiger partial charge in [-0.05, 0) is 28.8 Å². The fraction of sp³-hybridized carbons (Fsp3) is 0.667. The van der Waals surface area contributed by atoms with E-state index in [4.69, 9.17) is 0 Å². The summed E-state index contributed by atoms with van der Waals surface area (Å²) in [5.74, 6) is -3.14. The smallest absolute Gasteiger partial charge is 0.330 e. The molecule has 0 aliphatic heterocycles. The van der Waals surface area contributed by atoms with Gasteiger partial charge in [0.2, 0.25) is 0 Å². The Morgan fingerprint density at radius 1 is 1.38 bits per heavy atom. The van der Waals surface area contributed by atoms with Crippen molar-refractivity contribution in [1.82, 2.24) is 9.97 Å². The van der Waals surface area contributed by atoms with Crippen LogP contribution in [0, 0.1) is 0 Å². The van der Waals surface area contributed by atoms with Crippen molar-refractivity contribution in [1.29, 1.82) is 0 Å². The molecule has 9 heteroatoms. The molecule has 1 N–H and O–H groups in total. The molecule has 0 saturated heterocycles. The molecule has 0 radical (unpaired) electrons. The van der Waals surface area contributed by atoms with E-state index in [9.17, 15) is 17.6 Å². The van der Waals surface area contributed by atoms with Crippen molar-refractivity contribution < 1.29 is 22.3 Å². The van der Waals surface area contributed by atoms with Gasteiger partial charge in [0.25, 0.3) is 0 Å². The predicted molar refractivity (Wildman–Crippen MR) is 71.9 cm³/mol. The van der Waals surface area contributed by atoms with E-state index in [-0.39, 0.29) is 12.4 Å². The molecule has 1 aromatic rings. The summed E-state index contributed by atoms with van der Waals surface area (Å²) in [4.78, 5) is 8.35. The summed E-state index contributed by atoms with van der Waals surface area (Å²) < 4.78 is 54.9. The van der Waals surface area contributed by atoms with Crippen LogP contribution in [-0.2, 0) is 11.3 Å². The molecule has 1 fully saturated rings. The van der Waals surface area contributed by atoms with Crippen LogP contribution in [-0.4, -0.2) is 36.0 Å². The molecule has 0 amide bonds. The average Bonchev–Trinajstić information content (AvgIpc) is 3.24. The van der Waals surface area contributed by atoms with Crippen LogP contribution in [0.5, 0.6) is 0 Å². The maximum atomic E-state index is 12.7. The van der Waals surface area contributed by atoms with Crippen molar-refractivity contribution >= 4 is 21.7 Å². The Kier molecular flexibility index (Phi) is 5.03. The molecule has 0 unspecified atom stereocenters. The van der Waals surface area contributed by atoms with Crippen LogP contribution in [0.2, 0.25) is 0 Å². The lowest BCUT2D eigenvalue weighted by Gasteiger charge is -2.15. The normalized spacial score (nSPS) is 15.6. The number of hydrogen-bond donors (Lipinski definition) is 1. The van der Waals surface area contributed by atoms with E-state index in [1.165, 1.54) is 0 Å². The topological polar surface area (TPSA) is 47.0 Å². The van der Waals surface area contributed by atoms with Crippen LogP contribution >= 0.6 is 15.9 Å². The van der Waals surface area contributed by atoms with E-state index in [0.717, 1.165) is 23.0 Å². The molecule has 0 atom stereocenters. The third-order valence-corrected chi connectivity index (χ3v) is 3.75. The Morgan fingerprint density at radius 3 is 2.57 bits per heavy atom. The van der Waals surface area contributed by atoms with Crippen molar-refractivity contribution in [3.05, 3.63) is 16.0 Å². The highest BCUT2D eigenvalue weighted by Crippen LogP contribution is 2.43. The molecule has 0 spiro atoms. The molecule has 1 aromatic heterocycles. The maximum absolute atomic E-state index is 12.7. The average molecular weight is 372 g/mol. The lowest BCUT2D eigenvalue weighted by molar-refractivity contribution is -0.168. The van der Waals surface area contributed by atoms with Gasteiger partial charge in [-0.1, -0.05) is 0 Å². The summed E-state index contributed by atoms with van der Waals surface area (Å²) in [5.41, 5.74) is 0.786. The third kappa shape index (κ3) is 4.03. The van der Waals surface area contributed by atoms with Crippen molar-refractivity contribution in [2.45, 2.75) is 37.7 Å². The summed E-state index contributed by atoms with van der Waals surface area (Å²) in [7, 11) is 1.67. The highest BCUT2D eigenvalue weighted by Gasteiger charge is 2.41. The predicted octanol–water partition coefficient (Wildman–Crippen LogP) is 3.58. The minimum atomic E-state index is -4.17. The van der Waals surface area contributed by atoms with E-state index in [1.54, 1.807) is 7.05 Å². The highest BCUT2D eigenvalue weighted by atomic mass is 79.9. The Hall–Kier alpha value is -0.960. The molecule has 2 rings (SSSR count). The lowest BCUT2D eigenvalue weighted by atomic mass is 10.2. The molecule has 1 aliphatic carbocycles. The van der Waals surface area contributed by atoms with Crippen LogP contribution < -0.4 is 5.32 Å². The summed E-state index contributed by atoms with van der Waals surface area (Å²) >= 11 is 3.39. The Bertz CT molecular complexity index is 512. The van der Waals surface area contributed by atoms with Gasteiger partial charge in [0, 0.05) is 13.0 Å². The van der Waals surface area contributed by atoms with Crippen molar-refractivity contribution in [2.24, 2.45) is 0 Å². The number of halogens is 5. The Labute approximate surface area is 127 Å². The second-order valence-electron chi connectivity index (χ2n) is 4.77. The highest BCUT2D eigenvalue weighted by molar-refractivity contribution is 9.10. The molecule has 118 valence electrons. The second kappa shape index (κ2) is 6.43. The van der Waals surface area contributed by atoms with Crippen LogP contribution in [0.4, 0.5) is 23.4 Å². The van der Waals surface area contributed by atoms with Crippen molar-refractivity contribution in [3.63, 3.8) is 0 Å². The van der Waals surface area contributed by atoms with E-state index in [1.807, 2.05) is 0 Å². The number of rotatable bonds is 7. The second-order valence-corrected chi connectivity index (χ2v) is 5.56. The SMILES string of the molecule is CNc1nc(COCC(F)(F)C(F)F)nc(C2CC2)c1Br. The van der Waals surface area contributed by atoms with Crippen LogP contribution in [0.3, 0.4) is 0 Å². The number of anilines is 1. The van der Waals surface area contributed by atoms with Gasteiger partial charge in [-0.3, -0.25) is 0 Å². The summed E-state index contributed by atoms with van der Waals surface area (Å²) in [6.45, 7) is -1.71. The zero-order chi connectivity index (χ0) is 15.6. The molecule has 21 heavy (non-hydrogen) atoms. The first-order chi connectivity index (χ1) is 9.85. The standard InChI is InChI=1S/C12H14BrF4N3O/c1-18-10-8(13)9(6-2-3-6)19-7(20-10)4-21-5-12(16,17)11(14)15/h6,11H,2-5H2,1H3,(H,18,19,20). The van der Waals surface area contributed by atoms with Gasteiger partial charge in [-0.15, -0.1) is 0 Å². The third-order valence-electron chi connectivity index (χ3n) is 2.97. The number of ether oxygens (including phenoxy) is 1. The maximum Gasteiger partial charge on any atom is 0.330 e. The number of hydrogen-bond acceptors (Lipinski definition) is 4. The monoisotopic (exact) mass is 371 g/mol. The number of nitrogens with one attached hydrogen (secondary N) is 1. The quantitative estimate of drug-likeness (QED) is 0.744. The van der Waals surface area contributed by atoms with E-state index in [2.05, 4.69) is 36.0 Å². The molecular formula is C12H14BrF4N3O. The minimum absolute atomic E-state index is 0.189. The first kappa shape index (κ1) is 16.4. The number of nitrogens with zero attached hydrogens (tertiary/aromatic N) is 2. The minimum Gasteiger partial charge on any atom is -0.372 e. The fourth-order valence-corrected chi connectivity index (χ4v) is 2.41. The summed E-state index contributed by atoms with van der Waals surface area (Å²) in [6.07, 6.45) is -1.75. The molecule has 1 heterocycles. The van der Waals surface area contributed by atoms with Gasteiger partial charge in [0.05, 0.1) is 10.2 Å². The van der Waals surface area contributed by atoms with Crippen molar-refractivity contribution in [2.75, 3.05) is 19.0 Å². The molecule has 4 nitrogen and oxygen atoms in total. The van der Waals surface area contributed by atoms with E-state index >= 15 is 0 Å². The largest absolute Gasteiger partial charge is 0.372 e. The number of alkyl halides is 4. The van der Waals surface area contributed by atoms with Crippen LogP contribution in [0.25, 0.3) is 0 Å². The van der Waals surface area contributed by atoms with Crippen LogP contribution in [0.1, 0.15) is 30.3 Å². The van der Waals surface area contributed by atoms with Gasteiger partial charge in [0.1, 0.15) is 19.0 Å². The fourth-order valence-electron chi connectivity index (χ4n) is 1.71. The first-order valence-electron chi connectivity index (χ1n) is 6.33. The first-order valence-corrected chi connectivity index (χ1v) is 7.12. The molecule has 1 saturated carbocycles. The molecule has 0 bridgehead atoms. The van der Waals surface area contributed by atoms with Gasteiger partial charge in [-0.25, -0.2) is 18.7 Å². The zero-order valence-corrected chi connectivity index (χ0v) is 12.8. The van der Waals surface area contributed by atoms with Gasteiger partial charge >= 0.3 is 12.3 Å². The number of aromatic nitrogens is 2. The Balaban J connectivity index is 2.05. The van der Waals surface area contributed by atoms with Crippen LogP contribution in [0.15, 0.2) is 4.47 Å². The van der Waals surface area contributed by atoms with Gasteiger partial charge < -0.3 is 10.1 Å². The van der Waals surface area contributed by atoms with Gasteiger partial charge in [0.15, 0.2) is 5.82 Å². The molecular weight excluding hydrogens is 358 g/mol.